The van der Waals surface area contributed by atoms with E-state index in [1.807, 2.05) is 0 Å². The Morgan fingerprint density at radius 2 is 2.57 bits per heavy atom. The van der Waals surface area contributed by atoms with Crippen molar-refractivity contribution >= 4 is 0 Å². The first-order valence-electron chi connectivity index (χ1n) is 2.78. The average molecular weight is 99.1 g/mol. The van der Waals surface area contributed by atoms with Crippen LogP contribution < -0.4 is 5.32 Å². The first-order valence-corrected chi connectivity index (χ1v) is 2.78. The minimum atomic E-state index is 0.440. The van der Waals surface area contributed by atoms with E-state index in [0.717, 1.165) is 0 Å². The Balaban J connectivity index is 2.02. The molecule has 2 nitrogen and oxygen atoms in total. The van der Waals surface area contributed by atoms with E-state index in [4.69, 9.17) is 4.74 Å². The van der Waals surface area contributed by atoms with Crippen LogP contribution in [0.5, 0.6) is 0 Å². The van der Waals surface area contributed by atoms with Gasteiger partial charge in [0.2, 0.25) is 0 Å². The van der Waals surface area contributed by atoms with Crippen molar-refractivity contribution in [2.24, 2.45) is 0 Å². The summed E-state index contributed by atoms with van der Waals surface area (Å²) in [5, 5.41) is 3.27. The zero-order valence-electron chi connectivity index (χ0n) is 4.35. The number of ether oxygens (including phenoxy) is 1. The van der Waals surface area contributed by atoms with Gasteiger partial charge in [-0.15, -0.1) is 0 Å². The van der Waals surface area contributed by atoms with Gasteiger partial charge in [-0.25, -0.2) is 0 Å². The molecule has 3 atom stereocenters. The lowest BCUT2D eigenvalue weighted by molar-refractivity contribution is 0.281. The number of rotatable bonds is 0. The molecule has 2 heteroatoms. The third kappa shape index (κ3) is 0.469. The van der Waals surface area contributed by atoms with Crippen LogP contribution in [0.3, 0.4) is 0 Å². The van der Waals surface area contributed by atoms with Crippen molar-refractivity contribution in [2.45, 2.75) is 31.7 Å². The van der Waals surface area contributed by atoms with Crippen LogP contribution in [0.4, 0.5) is 0 Å². The Bertz CT molecular complexity index is 84.1. The number of nitrogens with one attached hydrogen (secondary N) is 1. The van der Waals surface area contributed by atoms with Crippen LogP contribution >= 0.6 is 0 Å². The molecule has 2 aliphatic heterocycles. The van der Waals surface area contributed by atoms with Crippen LogP contribution in [0.15, 0.2) is 0 Å². The van der Waals surface area contributed by atoms with Crippen molar-refractivity contribution in [1.29, 1.82) is 0 Å². The second kappa shape index (κ2) is 1.01. The molecule has 0 aromatic heterocycles. The molecule has 0 aromatic carbocycles. The highest BCUT2D eigenvalue weighted by Crippen LogP contribution is 2.30. The fourth-order valence-corrected chi connectivity index (χ4v) is 1.17. The predicted octanol–water partition coefficient (Wildman–Crippen LogP) is 0.0931. The highest BCUT2D eigenvalue weighted by Gasteiger charge is 2.45. The summed E-state index contributed by atoms with van der Waals surface area (Å²) in [7, 11) is 0. The molecule has 40 valence electrons. The third-order valence-electron chi connectivity index (χ3n) is 1.62. The van der Waals surface area contributed by atoms with E-state index in [1.165, 1.54) is 6.42 Å². The topological polar surface area (TPSA) is 24.6 Å². The van der Waals surface area contributed by atoms with Crippen LogP contribution in [0.2, 0.25) is 0 Å². The largest absolute Gasteiger partial charge is 0.353 e. The molecular formula is C5H9NO. The van der Waals surface area contributed by atoms with E-state index < -0.39 is 0 Å². The standard InChI is InChI=1S/C5H9NO/c1-3-2-4-5(6-3)7-4/h3-6H,2H2,1H3. The molecule has 3 unspecified atom stereocenters. The van der Waals surface area contributed by atoms with Crippen LogP contribution in [-0.4, -0.2) is 18.4 Å². The molecule has 0 radical (unpaired) electrons. The monoisotopic (exact) mass is 99.1 g/mol. The molecule has 2 fully saturated rings. The summed E-state index contributed by atoms with van der Waals surface area (Å²) in [6.07, 6.45) is 2.23. The summed E-state index contributed by atoms with van der Waals surface area (Å²) < 4.78 is 5.11. The quantitative estimate of drug-likeness (QED) is 0.435. The number of epoxide rings is 1. The molecule has 1 N–H and O–H groups in total. The van der Waals surface area contributed by atoms with Crippen molar-refractivity contribution in [1.82, 2.24) is 5.32 Å². The molecule has 2 rings (SSSR count). The number of fused-ring (bicyclic) bond motifs is 1. The van der Waals surface area contributed by atoms with Crippen LogP contribution in [0, 0.1) is 0 Å². The molecule has 0 bridgehead atoms. The molecule has 0 saturated carbocycles. The van der Waals surface area contributed by atoms with Gasteiger partial charge in [0, 0.05) is 6.04 Å². The van der Waals surface area contributed by atoms with Gasteiger partial charge in [-0.05, 0) is 13.3 Å². The minimum Gasteiger partial charge on any atom is -0.353 e. The maximum absolute atomic E-state index is 5.11. The highest BCUT2D eigenvalue weighted by molar-refractivity contribution is 4.94. The van der Waals surface area contributed by atoms with Gasteiger partial charge in [-0.2, -0.15) is 0 Å². The van der Waals surface area contributed by atoms with Crippen LogP contribution in [0.1, 0.15) is 13.3 Å². The Kier molecular flexibility index (Phi) is 0.557. The lowest BCUT2D eigenvalue weighted by Gasteiger charge is -2.01. The van der Waals surface area contributed by atoms with Crippen molar-refractivity contribution in [3.8, 4) is 0 Å². The molecule has 0 aliphatic carbocycles. The van der Waals surface area contributed by atoms with Gasteiger partial charge < -0.3 is 4.74 Å². The van der Waals surface area contributed by atoms with Crippen molar-refractivity contribution in [2.75, 3.05) is 0 Å². The summed E-state index contributed by atoms with van der Waals surface area (Å²) in [6.45, 7) is 2.19. The maximum atomic E-state index is 5.11. The predicted molar refractivity (Wildman–Crippen MR) is 25.9 cm³/mol. The van der Waals surface area contributed by atoms with Crippen molar-refractivity contribution in [3.05, 3.63) is 0 Å². The zero-order valence-corrected chi connectivity index (χ0v) is 4.35. The van der Waals surface area contributed by atoms with Gasteiger partial charge in [0.1, 0.15) is 12.3 Å². The van der Waals surface area contributed by atoms with E-state index in [0.29, 0.717) is 18.4 Å². The van der Waals surface area contributed by atoms with Gasteiger partial charge in [0.15, 0.2) is 0 Å². The van der Waals surface area contributed by atoms with Gasteiger partial charge in [0.05, 0.1) is 0 Å². The third-order valence-corrected chi connectivity index (χ3v) is 1.62. The molecule has 2 aliphatic rings. The molecule has 2 saturated heterocycles. The van der Waals surface area contributed by atoms with Gasteiger partial charge in [-0.3, -0.25) is 5.32 Å². The summed E-state index contributed by atoms with van der Waals surface area (Å²) in [4.78, 5) is 0. The molecule has 0 amide bonds. The van der Waals surface area contributed by atoms with E-state index in [1.54, 1.807) is 0 Å². The zero-order chi connectivity index (χ0) is 4.85. The summed E-state index contributed by atoms with van der Waals surface area (Å²) >= 11 is 0. The fourth-order valence-electron chi connectivity index (χ4n) is 1.17. The first kappa shape index (κ1) is 3.87. The van der Waals surface area contributed by atoms with Crippen LogP contribution in [-0.2, 0) is 4.74 Å². The lowest BCUT2D eigenvalue weighted by Crippen LogP contribution is -2.22. The van der Waals surface area contributed by atoms with E-state index in [9.17, 15) is 0 Å². The number of hydrogen-bond donors (Lipinski definition) is 1. The second-order valence-electron chi connectivity index (χ2n) is 2.40. The average Bonchev–Trinajstić information content (AvgIpc) is 2.15. The smallest absolute Gasteiger partial charge is 0.135 e. The van der Waals surface area contributed by atoms with E-state index in [-0.39, 0.29) is 0 Å². The summed E-state index contributed by atoms with van der Waals surface area (Å²) in [5.74, 6) is 0. The van der Waals surface area contributed by atoms with Crippen molar-refractivity contribution < 1.29 is 4.74 Å². The maximum Gasteiger partial charge on any atom is 0.135 e. The Morgan fingerprint density at radius 3 is 2.86 bits per heavy atom. The van der Waals surface area contributed by atoms with Gasteiger partial charge in [-0.1, -0.05) is 0 Å². The van der Waals surface area contributed by atoms with Gasteiger partial charge in [0.25, 0.3) is 0 Å². The number of hydrogen-bond acceptors (Lipinski definition) is 2. The molecule has 0 spiro atoms. The normalized spacial score (nSPS) is 57.0. The highest BCUT2D eigenvalue weighted by atomic mass is 16.6. The van der Waals surface area contributed by atoms with Crippen molar-refractivity contribution in [3.63, 3.8) is 0 Å². The second-order valence-corrected chi connectivity index (χ2v) is 2.40. The van der Waals surface area contributed by atoms with Gasteiger partial charge >= 0.3 is 0 Å². The first-order chi connectivity index (χ1) is 3.36. The molecule has 7 heavy (non-hydrogen) atoms. The summed E-state index contributed by atoms with van der Waals surface area (Å²) in [6, 6.07) is 0.698. The lowest BCUT2D eigenvalue weighted by atomic mass is 10.2. The van der Waals surface area contributed by atoms with Crippen LogP contribution in [0.25, 0.3) is 0 Å². The van der Waals surface area contributed by atoms with E-state index >= 15 is 0 Å². The molecular weight excluding hydrogens is 90.1 g/mol. The Hall–Kier alpha value is -0.0800. The van der Waals surface area contributed by atoms with E-state index in [2.05, 4.69) is 12.2 Å². The molecule has 0 aromatic rings. The summed E-state index contributed by atoms with van der Waals surface area (Å²) in [5.41, 5.74) is 0. The Labute approximate surface area is 42.9 Å². The fraction of sp³-hybridized carbons (Fsp3) is 1.00. The SMILES string of the molecule is CC1CC2OC2N1. The molecule has 2 heterocycles. The Morgan fingerprint density at radius 1 is 1.71 bits per heavy atom. The minimum absolute atomic E-state index is 0.440.